The molecular formula is C23H25N5O3S. The number of amides is 2. The zero-order valence-corrected chi connectivity index (χ0v) is 18.9. The number of pyridine rings is 1. The van der Waals surface area contributed by atoms with Crippen LogP contribution < -0.4 is 15.8 Å². The highest BCUT2D eigenvalue weighted by Gasteiger charge is 2.34. The van der Waals surface area contributed by atoms with Crippen molar-refractivity contribution >= 4 is 46.7 Å². The van der Waals surface area contributed by atoms with Gasteiger partial charge in [0, 0.05) is 25.8 Å². The Balaban J connectivity index is 1.91. The van der Waals surface area contributed by atoms with Crippen molar-refractivity contribution < 1.29 is 9.59 Å². The molecule has 166 valence electrons. The van der Waals surface area contributed by atoms with E-state index in [0.29, 0.717) is 17.4 Å². The second-order valence-electron chi connectivity index (χ2n) is 8.23. The molecule has 32 heavy (non-hydrogen) atoms. The second-order valence-corrected chi connectivity index (χ2v) is 8.62. The Labute approximate surface area is 191 Å². The van der Waals surface area contributed by atoms with Gasteiger partial charge in [0.1, 0.15) is 17.0 Å². The first-order valence-corrected chi connectivity index (χ1v) is 11.0. The van der Waals surface area contributed by atoms with E-state index in [0.717, 1.165) is 31.5 Å². The SMILES string of the molecule is C=CCN1C(=O)C(=Cc2c(N3CCC(C)CC3)nc3c(C)cccn3c2=O)C(=O)NC1=S. The van der Waals surface area contributed by atoms with Gasteiger partial charge in [-0.15, -0.1) is 6.58 Å². The molecule has 0 atom stereocenters. The second kappa shape index (κ2) is 8.66. The molecule has 2 aliphatic rings. The van der Waals surface area contributed by atoms with Crippen molar-refractivity contribution in [2.75, 3.05) is 24.5 Å². The number of aromatic nitrogens is 2. The summed E-state index contributed by atoms with van der Waals surface area (Å²) in [5, 5.41) is 2.54. The maximum Gasteiger partial charge on any atom is 0.267 e. The molecule has 4 rings (SSSR count). The van der Waals surface area contributed by atoms with E-state index in [1.54, 1.807) is 12.3 Å². The Morgan fingerprint density at radius 2 is 2.00 bits per heavy atom. The minimum atomic E-state index is -0.632. The van der Waals surface area contributed by atoms with E-state index < -0.39 is 11.8 Å². The van der Waals surface area contributed by atoms with Crippen LogP contribution in [0.2, 0.25) is 0 Å². The Hall–Kier alpha value is -3.33. The Bertz CT molecular complexity index is 1220. The lowest BCUT2D eigenvalue weighted by molar-refractivity contribution is -0.128. The van der Waals surface area contributed by atoms with Crippen LogP contribution in [-0.4, -0.2) is 50.8 Å². The van der Waals surface area contributed by atoms with Crippen molar-refractivity contribution in [2.45, 2.75) is 26.7 Å². The van der Waals surface area contributed by atoms with Crippen LogP contribution in [-0.2, 0) is 9.59 Å². The van der Waals surface area contributed by atoms with Gasteiger partial charge >= 0.3 is 0 Å². The summed E-state index contributed by atoms with van der Waals surface area (Å²) in [6.45, 7) is 9.38. The molecule has 0 saturated carbocycles. The van der Waals surface area contributed by atoms with Crippen molar-refractivity contribution in [3.8, 4) is 0 Å². The molecule has 2 saturated heterocycles. The smallest absolute Gasteiger partial charge is 0.267 e. The van der Waals surface area contributed by atoms with Gasteiger partial charge in [-0.2, -0.15) is 0 Å². The van der Waals surface area contributed by atoms with Gasteiger partial charge in [-0.05, 0) is 55.6 Å². The third-order valence-corrected chi connectivity index (χ3v) is 6.26. The quantitative estimate of drug-likeness (QED) is 0.331. The summed E-state index contributed by atoms with van der Waals surface area (Å²) in [7, 11) is 0. The molecule has 9 heteroatoms. The van der Waals surface area contributed by atoms with Gasteiger partial charge in [0.05, 0.1) is 5.56 Å². The van der Waals surface area contributed by atoms with Gasteiger partial charge < -0.3 is 4.90 Å². The van der Waals surface area contributed by atoms with Gasteiger partial charge in [0.2, 0.25) is 0 Å². The molecule has 2 aromatic rings. The zero-order chi connectivity index (χ0) is 23.0. The first-order chi connectivity index (χ1) is 15.3. The molecule has 8 nitrogen and oxygen atoms in total. The fourth-order valence-electron chi connectivity index (χ4n) is 4.02. The van der Waals surface area contributed by atoms with Crippen molar-refractivity contribution in [3.63, 3.8) is 0 Å². The fraction of sp³-hybridized carbons (Fsp3) is 0.348. The zero-order valence-electron chi connectivity index (χ0n) is 18.1. The van der Waals surface area contributed by atoms with E-state index in [1.165, 1.54) is 21.5 Å². The maximum absolute atomic E-state index is 13.5. The molecule has 2 fully saturated rings. The number of aryl methyl sites for hydroxylation is 1. The number of anilines is 1. The van der Waals surface area contributed by atoms with E-state index in [4.69, 9.17) is 17.2 Å². The number of fused-ring (bicyclic) bond motifs is 1. The molecule has 1 N–H and O–H groups in total. The molecule has 2 amide bonds. The van der Waals surface area contributed by atoms with Crippen LogP contribution in [0.1, 0.15) is 30.9 Å². The largest absolute Gasteiger partial charge is 0.356 e. The summed E-state index contributed by atoms with van der Waals surface area (Å²) in [5.74, 6) is -0.110. The molecule has 0 radical (unpaired) electrons. The first-order valence-electron chi connectivity index (χ1n) is 10.6. The fourth-order valence-corrected chi connectivity index (χ4v) is 4.27. The average Bonchev–Trinajstić information content (AvgIpc) is 2.76. The van der Waals surface area contributed by atoms with Gasteiger partial charge in [-0.3, -0.25) is 29.0 Å². The predicted octanol–water partition coefficient (Wildman–Crippen LogP) is 2.05. The Morgan fingerprint density at radius 1 is 1.28 bits per heavy atom. The monoisotopic (exact) mass is 451 g/mol. The van der Waals surface area contributed by atoms with E-state index in [1.807, 2.05) is 13.0 Å². The summed E-state index contributed by atoms with van der Waals surface area (Å²) in [6.07, 6.45) is 6.47. The Morgan fingerprint density at radius 3 is 2.69 bits per heavy atom. The highest BCUT2D eigenvalue weighted by atomic mass is 32.1. The molecule has 0 spiro atoms. The van der Waals surface area contributed by atoms with Crippen LogP contribution in [0.4, 0.5) is 5.82 Å². The molecule has 0 aliphatic carbocycles. The summed E-state index contributed by atoms with van der Waals surface area (Å²) in [4.78, 5) is 47.3. The molecule has 4 heterocycles. The maximum atomic E-state index is 13.5. The summed E-state index contributed by atoms with van der Waals surface area (Å²) < 4.78 is 1.45. The number of hydrogen-bond donors (Lipinski definition) is 1. The van der Waals surface area contributed by atoms with Gasteiger partial charge in [-0.25, -0.2) is 4.98 Å². The lowest BCUT2D eigenvalue weighted by Gasteiger charge is -2.32. The minimum Gasteiger partial charge on any atom is -0.356 e. The standard InChI is InChI=1S/C23H25N5O3S/c1-4-9-28-22(31)17(20(29)25-23(28)32)13-16-19(26-11-7-14(2)8-12-26)24-18-15(3)6-5-10-27(18)21(16)30/h4-6,10,13-14H,1,7-9,11-12H2,2-3H3,(H,25,29,32). The molecule has 2 aliphatic heterocycles. The highest BCUT2D eigenvalue weighted by molar-refractivity contribution is 7.80. The molecule has 2 aromatic heterocycles. The number of nitrogens with one attached hydrogen (secondary N) is 1. The molecule has 0 unspecified atom stereocenters. The first kappa shape index (κ1) is 21.9. The summed E-state index contributed by atoms with van der Waals surface area (Å²) >= 11 is 5.12. The third kappa shape index (κ3) is 3.84. The minimum absolute atomic E-state index is 0.0197. The number of carbonyl (C=O) groups excluding carboxylic acids is 2. The topological polar surface area (TPSA) is 87.0 Å². The van der Waals surface area contributed by atoms with Crippen LogP contribution in [0.25, 0.3) is 11.7 Å². The van der Waals surface area contributed by atoms with Gasteiger partial charge in [0.15, 0.2) is 5.11 Å². The van der Waals surface area contributed by atoms with Crippen LogP contribution >= 0.6 is 12.2 Å². The van der Waals surface area contributed by atoms with Gasteiger partial charge in [-0.1, -0.05) is 19.1 Å². The predicted molar refractivity (Wildman–Crippen MR) is 127 cm³/mol. The molecular weight excluding hydrogens is 426 g/mol. The number of nitrogens with zero attached hydrogens (tertiary/aromatic N) is 4. The Kier molecular flexibility index (Phi) is 5.92. The average molecular weight is 452 g/mol. The van der Waals surface area contributed by atoms with Gasteiger partial charge in [0.25, 0.3) is 17.4 Å². The van der Waals surface area contributed by atoms with Crippen molar-refractivity contribution in [3.05, 3.63) is 58.0 Å². The van der Waals surface area contributed by atoms with Crippen molar-refractivity contribution in [1.82, 2.24) is 19.6 Å². The van der Waals surface area contributed by atoms with Crippen LogP contribution in [0, 0.1) is 12.8 Å². The molecule has 0 aromatic carbocycles. The number of piperidine rings is 1. The van der Waals surface area contributed by atoms with E-state index >= 15 is 0 Å². The number of rotatable bonds is 4. The number of thiocarbonyl (C=S) groups is 1. The number of carbonyl (C=O) groups is 2. The van der Waals surface area contributed by atoms with Crippen LogP contribution in [0.15, 0.2) is 41.4 Å². The number of hydrogen-bond acceptors (Lipinski definition) is 6. The summed E-state index contributed by atoms with van der Waals surface area (Å²) in [5.41, 5.74) is 1.15. The van der Waals surface area contributed by atoms with E-state index in [-0.39, 0.29) is 28.4 Å². The normalized spacial score (nSPS) is 19.1. The van der Waals surface area contributed by atoms with Crippen LogP contribution in [0.5, 0.6) is 0 Å². The van der Waals surface area contributed by atoms with Crippen molar-refractivity contribution in [2.24, 2.45) is 5.92 Å². The van der Waals surface area contributed by atoms with Crippen LogP contribution in [0.3, 0.4) is 0 Å². The van der Waals surface area contributed by atoms with E-state index in [2.05, 4.69) is 23.7 Å². The lowest BCUT2D eigenvalue weighted by Crippen LogP contribution is -2.54. The third-order valence-electron chi connectivity index (χ3n) is 5.93. The summed E-state index contributed by atoms with van der Waals surface area (Å²) in [6, 6.07) is 3.67. The highest BCUT2D eigenvalue weighted by Crippen LogP contribution is 2.26. The molecule has 0 bridgehead atoms. The van der Waals surface area contributed by atoms with Crippen molar-refractivity contribution in [1.29, 1.82) is 0 Å². The lowest BCUT2D eigenvalue weighted by atomic mass is 9.98. The van der Waals surface area contributed by atoms with E-state index in [9.17, 15) is 14.4 Å².